The molecule has 0 saturated heterocycles. The third-order valence-electron chi connectivity index (χ3n) is 3.66. The van der Waals surface area contributed by atoms with Gasteiger partial charge in [-0.3, -0.25) is 5.10 Å². The molecule has 5 heteroatoms. The molecule has 2 aromatic carbocycles. The third-order valence-corrected chi connectivity index (χ3v) is 4.23. The van der Waals surface area contributed by atoms with Crippen molar-refractivity contribution >= 4 is 55.8 Å². The van der Waals surface area contributed by atoms with E-state index in [2.05, 4.69) is 16.3 Å². The Morgan fingerprint density at radius 3 is 2.70 bits per heavy atom. The summed E-state index contributed by atoms with van der Waals surface area (Å²) in [7, 11) is 0. The van der Waals surface area contributed by atoms with Gasteiger partial charge in [-0.25, -0.2) is 4.98 Å². The number of aromatic nitrogens is 3. The molecule has 3 nitrogen and oxygen atoms in total. The zero-order valence-corrected chi connectivity index (χ0v) is 12.0. The van der Waals surface area contributed by atoms with Gasteiger partial charge in [-0.2, -0.15) is 5.10 Å². The van der Waals surface area contributed by atoms with E-state index in [1.54, 1.807) is 0 Å². The number of rotatable bonds is 0. The minimum atomic E-state index is 0.416. The molecular formula is C15H9Cl2N3. The number of H-pyrrole nitrogens is 1. The summed E-state index contributed by atoms with van der Waals surface area (Å²) in [6.07, 6.45) is 0. The van der Waals surface area contributed by atoms with Crippen LogP contribution in [-0.4, -0.2) is 15.2 Å². The average Bonchev–Trinajstić information content (AvgIpc) is 2.82. The number of nitrogens with zero attached hydrogens (tertiary/aromatic N) is 2. The minimum Gasteiger partial charge on any atom is -0.265 e. The van der Waals surface area contributed by atoms with Gasteiger partial charge < -0.3 is 0 Å². The van der Waals surface area contributed by atoms with Gasteiger partial charge in [0.1, 0.15) is 5.15 Å². The first-order valence-electron chi connectivity index (χ1n) is 6.18. The first-order valence-corrected chi connectivity index (χ1v) is 6.93. The van der Waals surface area contributed by atoms with E-state index < -0.39 is 0 Å². The Labute approximate surface area is 124 Å². The van der Waals surface area contributed by atoms with Crippen molar-refractivity contribution in [1.29, 1.82) is 0 Å². The van der Waals surface area contributed by atoms with Gasteiger partial charge in [-0.05, 0) is 24.6 Å². The van der Waals surface area contributed by atoms with Crippen molar-refractivity contribution in [1.82, 2.24) is 15.2 Å². The second-order valence-corrected chi connectivity index (χ2v) is 5.51. The van der Waals surface area contributed by atoms with Crippen molar-refractivity contribution < 1.29 is 0 Å². The number of hydrogen-bond donors (Lipinski definition) is 1. The Bertz CT molecular complexity index is 989. The van der Waals surface area contributed by atoms with E-state index in [1.807, 2.05) is 31.2 Å². The number of aryl methyl sites for hydroxylation is 1. The quantitative estimate of drug-likeness (QED) is 0.503. The SMILES string of the molecule is Cc1c2nc3ccccc3c2cc2c(Cl)n[nH]c(Cl)c12. The van der Waals surface area contributed by atoms with Crippen LogP contribution in [0.4, 0.5) is 0 Å². The molecule has 20 heavy (non-hydrogen) atoms. The maximum absolute atomic E-state index is 6.23. The van der Waals surface area contributed by atoms with Crippen molar-refractivity contribution in [3.8, 4) is 0 Å². The van der Waals surface area contributed by atoms with Crippen LogP contribution < -0.4 is 0 Å². The largest absolute Gasteiger partial charge is 0.265 e. The van der Waals surface area contributed by atoms with Crippen molar-refractivity contribution in [2.75, 3.05) is 0 Å². The van der Waals surface area contributed by atoms with Crippen molar-refractivity contribution in [2.24, 2.45) is 0 Å². The van der Waals surface area contributed by atoms with Crippen LogP contribution in [0.25, 0.3) is 32.6 Å². The zero-order valence-electron chi connectivity index (χ0n) is 10.5. The third kappa shape index (κ3) is 1.48. The molecule has 1 N–H and O–H groups in total. The average molecular weight is 302 g/mol. The highest BCUT2D eigenvalue weighted by Gasteiger charge is 2.15. The molecule has 0 unspecified atom stereocenters. The van der Waals surface area contributed by atoms with Crippen LogP contribution in [0.5, 0.6) is 0 Å². The number of nitrogens with one attached hydrogen (secondary N) is 1. The molecule has 0 spiro atoms. The minimum absolute atomic E-state index is 0.416. The number of para-hydroxylation sites is 1. The Morgan fingerprint density at radius 1 is 1.05 bits per heavy atom. The second kappa shape index (κ2) is 4.08. The molecule has 0 radical (unpaired) electrons. The molecule has 4 aromatic rings. The fourth-order valence-electron chi connectivity index (χ4n) is 2.74. The maximum Gasteiger partial charge on any atom is 0.157 e. The van der Waals surface area contributed by atoms with Crippen LogP contribution >= 0.6 is 23.2 Å². The van der Waals surface area contributed by atoms with E-state index >= 15 is 0 Å². The van der Waals surface area contributed by atoms with E-state index in [1.165, 1.54) is 0 Å². The monoisotopic (exact) mass is 301 g/mol. The van der Waals surface area contributed by atoms with Gasteiger partial charge in [0.05, 0.1) is 11.0 Å². The molecule has 2 aromatic heterocycles. The molecule has 2 heterocycles. The summed E-state index contributed by atoms with van der Waals surface area (Å²) in [6, 6.07) is 10.1. The standard InChI is InChI=1S/C15H9Cl2N3/c1-7-12-10(14(16)19-20-15(12)17)6-9-8-4-2-3-5-11(8)18-13(7)9/h2-6,20H,1H3. The van der Waals surface area contributed by atoms with Crippen LogP contribution in [0, 0.1) is 6.92 Å². The molecule has 0 aliphatic heterocycles. The molecule has 0 aliphatic carbocycles. The Kier molecular flexibility index (Phi) is 2.43. The topological polar surface area (TPSA) is 41.6 Å². The Morgan fingerprint density at radius 2 is 1.85 bits per heavy atom. The molecule has 0 fully saturated rings. The molecular weight excluding hydrogens is 293 g/mol. The number of fused-ring (bicyclic) bond motifs is 4. The van der Waals surface area contributed by atoms with Gasteiger partial charge in [0.2, 0.25) is 0 Å². The summed E-state index contributed by atoms with van der Waals surface area (Å²) >= 11 is 12.4. The van der Waals surface area contributed by atoms with Crippen LogP contribution in [-0.2, 0) is 0 Å². The van der Waals surface area contributed by atoms with Gasteiger partial charge in [0.15, 0.2) is 5.15 Å². The van der Waals surface area contributed by atoms with E-state index in [0.717, 1.165) is 38.1 Å². The lowest BCUT2D eigenvalue weighted by Gasteiger charge is -2.07. The molecule has 0 bridgehead atoms. The second-order valence-electron chi connectivity index (χ2n) is 4.78. The summed E-state index contributed by atoms with van der Waals surface area (Å²) in [5.74, 6) is 0. The fraction of sp³-hybridized carbons (Fsp3) is 0.0667. The molecule has 0 aliphatic rings. The number of benzene rings is 2. The molecule has 0 saturated carbocycles. The molecule has 0 amide bonds. The molecule has 98 valence electrons. The van der Waals surface area contributed by atoms with Crippen molar-refractivity contribution in [2.45, 2.75) is 6.92 Å². The summed E-state index contributed by atoms with van der Waals surface area (Å²) in [5.41, 5.74) is 2.95. The van der Waals surface area contributed by atoms with Gasteiger partial charge >= 0.3 is 0 Å². The van der Waals surface area contributed by atoms with E-state index in [9.17, 15) is 0 Å². The highest BCUT2D eigenvalue weighted by atomic mass is 35.5. The summed E-state index contributed by atoms with van der Waals surface area (Å²) < 4.78 is 0. The van der Waals surface area contributed by atoms with Crippen LogP contribution in [0.3, 0.4) is 0 Å². The lowest BCUT2D eigenvalue weighted by atomic mass is 10.0. The Balaban J connectivity index is 2.35. The first-order chi connectivity index (χ1) is 9.66. The van der Waals surface area contributed by atoms with E-state index in [-0.39, 0.29) is 0 Å². The van der Waals surface area contributed by atoms with E-state index in [4.69, 9.17) is 28.2 Å². The molecule has 4 rings (SSSR count). The first kappa shape index (κ1) is 11.9. The predicted molar refractivity (Wildman–Crippen MR) is 83.7 cm³/mol. The molecule has 0 atom stereocenters. The van der Waals surface area contributed by atoms with Crippen molar-refractivity contribution in [3.63, 3.8) is 0 Å². The summed E-state index contributed by atoms with van der Waals surface area (Å²) in [6.45, 7) is 2.01. The van der Waals surface area contributed by atoms with Crippen molar-refractivity contribution in [3.05, 3.63) is 46.2 Å². The highest BCUT2D eigenvalue weighted by Crippen LogP contribution is 2.36. The number of aromatic amines is 1. The van der Waals surface area contributed by atoms with E-state index in [0.29, 0.717) is 10.3 Å². The summed E-state index contributed by atoms with van der Waals surface area (Å²) in [5, 5.41) is 11.6. The lowest BCUT2D eigenvalue weighted by molar-refractivity contribution is 1.05. The van der Waals surface area contributed by atoms with Gasteiger partial charge in [-0.15, -0.1) is 0 Å². The van der Waals surface area contributed by atoms with Gasteiger partial charge in [0.25, 0.3) is 0 Å². The lowest BCUT2D eigenvalue weighted by Crippen LogP contribution is -1.90. The smallest absolute Gasteiger partial charge is 0.157 e. The normalized spacial score (nSPS) is 11.8. The number of hydrogen-bond acceptors (Lipinski definition) is 2. The van der Waals surface area contributed by atoms with Gasteiger partial charge in [-0.1, -0.05) is 41.4 Å². The Hall–Kier alpha value is -1.84. The zero-order chi connectivity index (χ0) is 13.9. The van der Waals surface area contributed by atoms with Gasteiger partial charge in [0, 0.05) is 21.5 Å². The summed E-state index contributed by atoms with van der Waals surface area (Å²) in [4.78, 5) is 4.70. The highest BCUT2D eigenvalue weighted by molar-refractivity contribution is 6.39. The van der Waals surface area contributed by atoms with Crippen LogP contribution in [0.1, 0.15) is 5.56 Å². The predicted octanol–water partition coefficient (Wildman–Crippen LogP) is 4.88. The van der Waals surface area contributed by atoms with Crippen LogP contribution in [0.2, 0.25) is 10.3 Å². The number of halogens is 2. The maximum atomic E-state index is 6.23. The van der Waals surface area contributed by atoms with Crippen LogP contribution in [0.15, 0.2) is 30.3 Å². The fourth-order valence-corrected chi connectivity index (χ4v) is 3.21.